The molecule has 5 rings (SSSR count). The van der Waals surface area contributed by atoms with Crippen LogP contribution in [0.3, 0.4) is 0 Å². The first kappa shape index (κ1) is 19.3. The molecule has 1 N–H and O–H groups in total. The molecule has 0 saturated carbocycles. The van der Waals surface area contributed by atoms with E-state index in [0.29, 0.717) is 16.9 Å². The number of nitrogens with one attached hydrogen (secondary N) is 1. The highest BCUT2D eigenvalue weighted by Crippen LogP contribution is 2.26. The van der Waals surface area contributed by atoms with E-state index in [0.717, 1.165) is 11.3 Å². The van der Waals surface area contributed by atoms with Crippen molar-refractivity contribution in [1.82, 2.24) is 30.0 Å². The minimum Gasteiger partial charge on any atom is -0.319 e. The van der Waals surface area contributed by atoms with Gasteiger partial charge in [0.25, 0.3) is 5.91 Å². The van der Waals surface area contributed by atoms with E-state index in [9.17, 15) is 9.18 Å². The number of amides is 1. The van der Waals surface area contributed by atoms with Crippen molar-refractivity contribution < 1.29 is 9.18 Å². The molecule has 1 amide bonds. The van der Waals surface area contributed by atoms with Gasteiger partial charge in [0.2, 0.25) is 0 Å². The third-order valence-corrected chi connectivity index (χ3v) is 4.84. The number of nitrogens with zero attached hydrogens (tertiary/aromatic N) is 6. The zero-order valence-corrected chi connectivity index (χ0v) is 16.6. The maximum Gasteiger partial charge on any atom is 0.259 e. The summed E-state index contributed by atoms with van der Waals surface area (Å²) in [6.07, 6.45) is 3.02. The van der Waals surface area contributed by atoms with Crippen LogP contribution in [0, 0.1) is 5.82 Å². The Kier molecular flexibility index (Phi) is 4.97. The van der Waals surface area contributed by atoms with E-state index in [1.165, 1.54) is 29.2 Å². The summed E-state index contributed by atoms with van der Waals surface area (Å²) in [5, 5.41) is 18.2. The number of hydrogen-bond acceptors (Lipinski definition) is 5. The number of carbonyl (C=O) groups excluding carboxylic acids is 1. The molecular formula is C23H16FN7O. The van der Waals surface area contributed by atoms with Crippen molar-refractivity contribution in [1.29, 1.82) is 0 Å². The highest BCUT2D eigenvalue weighted by molar-refractivity contribution is 6.08. The molecule has 32 heavy (non-hydrogen) atoms. The summed E-state index contributed by atoms with van der Waals surface area (Å²) in [5.74, 6) is -1.06. The van der Waals surface area contributed by atoms with Crippen LogP contribution in [-0.4, -0.2) is 35.9 Å². The molecule has 0 spiro atoms. The Bertz CT molecular complexity index is 1370. The van der Waals surface area contributed by atoms with Gasteiger partial charge < -0.3 is 5.32 Å². The van der Waals surface area contributed by atoms with Crippen molar-refractivity contribution in [2.45, 2.75) is 0 Å². The van der Waals surface area contributed by atoms with E-state index in [1.807, 2.05) is 60.7 Å². The van der Waals surface area contributed by atoms with Crippen molar-refractivity contribution in [3.05, 3.63) is 103 Å². The molecule has 0 unspecified atom stereocenters. The molecule has 5 aromatic rings. The Morgan fingerprint density at radius 1 is 0.875 bits per heavy atom. The van der Waals surface area contributed by atoms with Gasteiger partial charge in [-0.1, -0.05) is 48.5 Å². The van der Waals surface area contributed by atoms with E-state index in [-0.39, 0.29) is 5.69 Å². The third kappa shape index (κ3) is 3.74. The number of benzene rings is 3. The van der Waals surface area contributed by atoms with Gasteiger partial charge in [-0.15, -0.1) is 5.10 Å². The van der Waals surface area contributed by atoms with Crippen LogP contribution in [0.15, 0.2) is 91.4 Å². The summed E-state index contributed by atoms with van der Waals surface area (Å²) in [5.41, 5.74) is 2.89. The van der Waals surface area contributed by atoms with Crippen LogP contribution < -0.4 is 5.32 Å². The molecule has 0 saturated heterocycles. The summed E-state index contributed by atoms with van der Waals surface area (Å²) in [7, 11) is 0. The van der Waals surface area contributed by atoms with Gasteiger partial charge in [0.05, 0.1) is 22.6 Å². The topological polar surface area (TPSA) is 90.5 Å². The fourth-order valence-corrected chi connectivity index (χ4v) is 3.28. The number of tetrazole rings is 1. The van der Waals surface area contributed by atoms with Gasteiger partial charge in [-0.05, 0) is 40.8 Å². The predicted molar refractivity (Wildman–Crippen MR) is 116 cm³/mol. The molecule has 8 nitrogen and oxygen atoms in total. The van der Waals surface area contributed by atoms with Crippen LogP contribution in [0.25, 0.3) is 22.6 Å². The minimum absolute atomic E-state index is 0.00877. The number of para-hydroxylation sites is 1. The fraction of sp³-hybridized carbons (Fsp3) is 0. The number of aromatic nitrogens is 6. The van der Waals surface area contributed by atoms with E-state index in [4.69, 9.17) is 0 Å². The zero-order valence-electron chi connectivity index (χ0n) is 16.6. The molecule has 2 heterocycles. The molecule has 0 radical (unpaired) electrons. The average Bonchev–Trinajstić information content (AvgIpc) is 3.52. The monoisotopic (exact) mass is 425 g/mol. The first-order chi connectivity index (χ1) is 15.7. The predicted octanol–water partition coefficient (Wildman–Crippen LogP) is 3.91. The van der Waals surface area contributed by atoms with E-state index < -0.39 is 11.7 Å². The molecule has 3 aromatic carbocycles. The number of hydrogen-bond donors (Lipinski definition) is 1. The summed E-state index contributed by atoms with van der Waals surface area (Å²) < 4.78 is 17.5. The largest absolute Gasteiger partial charge is 0.319 e. The molecule has 0 bridgehead atoms. The second kappa shape index (κ2) is 8.23. The normalized spacial score (nSPS) is 10.8. The van der Waals surface area contributed by atoms with Gasteiger partial charge in [0.1, 0.15) is 17.8 Å². The number of carbonyl (C=O) groups is 1. The third-order valence-electron chi connectivity index (χ3n) is 4.84. The Labute approximate surface area is 181 Å². The zero-order chi connectivity index (χ0) is 21.9. The summed E-state index contributed by atoms with van der Waals surface area (Å²) in [6.45, 7) is 0. The lowest BCUT2D eigenvalue weighted by molar-refractivity contribution is 0.102. The van der Waals surface area contributed by atoms with Crippen molar-refractivity contribution in [3.63, 3.8) is 0 Å². The maximum atomic E-state index is 14.5. The second-order valence-electron chi connectivity index (χ2n) is 6.91. The van der Waals surface area contributed by atoms with Crippen molar-refractivity contribution >= 4 is 11.6 Å². The molecule has 0 fully saturated rings. The van der Waals surface area contributed by atoms with Crippen LogP contribution in [0.2, 0.25) is 0 Å². The smallest absolute Gasteiger partial charge is 0.259 e. The Hall–Kier alpha value is -4.66. The van der Waals surface area contributed by atoms with Gasteiger partial charge in [0, 0.05) is 11.8 Å². The van der Waals surface area contributed by atoms with Gasteiger partial charge in [-0.25, -0.2) is 13.8 Å². The van der Waals surface area contributed by atoms with E-state index in [2.05, 4.69) is 25.9 Å². The SMILES string of the molecule is O=C(Nc1cc(-n2cnnn2)ccc1F)c1cn(-c2ccccc2)nc1-c1ccccc1. The lowest BCUT2D eigenvalue weighted by Gasteiger charge is -2.08. The highest BCUT2D eigenvalue weighted by Gasteiger charge is 2.20. The lowest BCUT2D eigenvalue weighted by atomic mass is 10.1. The molecule has 0 atom stereocenters. The molecule has 9 heteroatoms. The summed E-state index contributed by atoms with van der Waals surface area (Å²) in [6, 6.07) is 23.0. The van der Waals surface area contributed by atoms with Crippen molar-refractivity contribution in [3.8, 4) is 22.6 Å². The van der Waals surface area contributed by atoms with Gasteiger partial charge in [0.15, 0.2) is 0 Å². The average molecular weight is 425 g/mol. The summed E-state index contributed by atoms with van der Waals surface area (Å²) in [4.78, 5) is 13.2. The minimum atomic E-state index is -0.577. The molecule has 2 aromatic heterocycles. The van der Waals surface area contributed by atoms with Crippen molar-refractivity contribution in [2.75, 3.05) is 5.32 Å². The van der Waals surface area contributed by atoms with Gasteiger partial charge in [-0.3, -0.25) is 4.79 Å². The van der Waals surface area contributed by atoms with E-state index >= 15 is 0 Å². The van der Waals surface area contributed by atoms with Crippen LogP contribution in [0.1, 0.15) is 10.4 Å². The Balaban J connectivity index is 1.54. The molecule has 0 aliphatic rings. The van der Waals surface area contributed by atoms with Crippen LogP contribution in [0.4, 0.5) is 10.1 Å². The quantitative estimate of drug-likeness (QED) is 0.461. The first-order valence-corrected chi connectivity index (χ1v) is 9.74. The van der Waals surface area contributed by atoms with E-state index in [1.54, 1.807) is 10.9 Å². The number of halogens is 1. The number of rotatable bonds is 5. The Morgan fingerprint density at radius 3 is 2.34 bits per heavy atom. The highest BCUT2D eigenvalue weighted by atomic mass is 19.1. The molecular weight excluding hydrogens is 409 g/mol. The fourth-order valence-electron chi connectivity index (χ4n) is 3.28. The van der Waals surface area contributed by atoms with Gasteiger partial charge >= 0.3 is 0 Å². The Morgan fingerprint density at radius 2 is 1.62 bits per heavy atom. The molecule has 0 aliphatic carbocycles. The van der Waals surface area contributed by atoms with Crippen LogP contribution >= 0.6 is 0 Å². The van der Waals surface area contributed by atoms with Crippen molar-refractivity contribution in [2.24, 2.45) is 0 Å². The van der Waals surface area contributed by atoms with Crippen LogP contribution in [0.5, 0.6) is 0 Å². The second-order valence-corrected chi connectivity index (χ2v) is 6.91. The molecule has 0 aliphatic heterocycles. The first-order valence-electron chi connectivity index (χ1n) is 9.74. The maximum absolute atomic E-state index is 14.5. The van der Waals surface area contributed by atoms with Crippen LogP contribution in [-0.2, 0) is 0 Å². The lowest BCUT2D eigenvalue weighted by Crippen LogP contribution is -2.14. The standard InChI is InChI=1S/C23H16FN7O/c24-20-12-11-18(31-15-25-28-29-31)13-21(20)26-23(32)19-14-30(17-9-5-2-6-10-17)27-22(19)16-7-3-1-4-8-16/h1-15H,(H,26,32). The molecule has 156 valence electrons. The van der Waals surface area contributed by atoms with Gasteiger partial charge in [-0.2, -0.15) is 5.10 Å². The summed E-state index contributed by atoms with van der Waals surface area (Å²) >= 11 is 0. The number of anilines is 1.